The number of likely N-dealkylation sites (N-methyl/N-ethyl adjacent to an activating group) is 1. The number of esters is 2. The number of rotatable bonds is 5. The summed E-state index contributed by atoms with van der Waals surface area (Å²) in [6, 6.07) is 9.34. The molecule has 3 aliphatic heterocycles. The van der Waals surface area contributed by atoms with Crippen LogP contribution in [0.5, 0.6) is 0 Å². The van der Waals surface area contributed by atoms with E-state index in [9.17, 15) is 19.2 Å². The minimum Gasteiger partial charge on any atom is -0.458 e. The van der Waals surface area contributed by atoms with Crippen LogP contribution in [0.15, 0.2) is 42.6 Å². The van der Waals surface area contributed by atoms with Crippen LogP contribution in [0.3, 0.4) is 0 Å². The van der Waals surface area contributed by atoms with Gasteiger partial charge < -0.3 is 14.2 Å². The van der Waals surface area contributed by atoms with Crippen LogP contribution in [0.4, 0.5) is 0 Å². The Kier molecular flexibility index (Phi) is 9.32. The maximum Gasteiger partial charge on any atom is 0.324 e. The lowest BCUT2D eigenvalue weighted by Gasteiger charge is -2.44. The van der Waals surface area contributed by atoms with Crippen LogP contribution in [0.25, 0.3) is 17.0 Å². The van der Waals surface area contributed by atoms with Gasteiger partial charge in [-0.2, -0.15) is 0 Å². The molecule has 1 aromatic carbocycles. The molecule has 1 aromatic heterocycles. The topological polar surface area (TPSA) is 112 Å². The number of ketones is 2. The third-order valence-corrected chi connectivity index (χ3v) is 10.7. The van der Waals surface area contributed by atoms with E-state index in [4.69, 9.17) is 14.2 Å². The zero-order chi connectivity index (χ0) is 33.6. The molecule has 0 radical (unpaired) electrons. The Hall–Kier alpha value is -3.43. The molecule has 0 bridgehead atoms. The lowest BCUT2D eigenvalue weighted by molar-refractivity contribution is -0.187. The van der Waals surface area contributed by atoms with Gasteiger partial charge in [0.1, 0.15) is 29.6 Å². The van der Waals surface area contributed by atoms with Crippen LogP contribution in [-0.2, 0) is 33.4 Å². The van der Waals surface area contributed by atoms with Crippen molar-refractivity contribution in [3.05, 3.63) is 48.2 Å². The molecule has 3 saturated heterocycles. The van der Waals surface area contributed by atoms with Crippen molar-refractivity contribution in [3.63, 3.8) is 0 Å². The minimum atomic E-state index is -1.23. The maximum atomic E-state index is 14.6. The second kappa shape index (κ2) is 12.6. The molecule has 3 aliphatic rings. The number of para-hydroxylation sites is 1. The number of pyridine rings is 1. The Morgan fingerprint density at radius 1 is 1.02 bits per heavy atom. The van der Waals surface area contributed by atoms with Crippen LogP contribution >= 0.6 is 0 Å². The molecule has 2 aromatic rings. The third kappa shape index (κ3) is 6.04. The summed E-state index contributed by atoms with van der Waals surface area (Å²) in [5.41, 5.74) is -1.18. The Morgan fingerprint density at radius 3 is 2.43 bits per heavy atom. The van der Waals surface area contributed by atoms with E-state index in [-0.39, 0.29) is 18.2 Å². The number of cyclic esters (lactones) is 1. The second-order valence-corrected chi connectivity index (χ2v) is 14.5. The lowest BCUT2D eigenvalue weighted by atomic mass is 9.62. The molecule has 3 fully saturated rings. The molecule has 0 spiro atoms. The molecule has 0 amide bonds. The fourth-order valence-electron chi connectivity index (χ4n) is 8.67. The lowest BCUT2D eigenvalue weighted by Crippen LogP contribution is -2.56. The highest BCUT2D eigenvalue weighted by Crippen LogP contribution is 2.55. The molecular formula is C37H48N2O7. The van der Waals surface area contributed by atoms with E-state index in [2.05, 4.69) is 11.1 Å². The van der Waals surface area contributed by atoms with Crippen molar-refractivity contribution in [1.29, 1.82) is 0 Å². The smallest absolute Gasteiger partial charge is 0.324 e. The van der Waals surface area contributed by atoms with E-state index in [1.54, 1.807) is 20.8 Å². The number of hydrogen-bond donors (Lipinski definition) is 0. The largest absolute Gasteiger partial charge is 0.458 e. The minimum absolute atomic E-state index is 0.00886. The highest BCUT2D eigenvalue weighted by Gasteiger charge is 2.70. The van der Waals surface area contributed by atoms with Crippen LogP contribution in [-0.4, -0.2) is 76.9 Å². The average molecular weight is 633 g/mol. The summed E-state index contributed by atoms with van der Waals surface area (Å²) in [7, 11) is 1.84. The highest BCUT2D eigenvalue weighted by molar-refractivity contribution is 6.00. The number of hydrogen-bond acceptors (Lipinski definition) is 9. The predicted molar refractivity (Wildman–Crippen MR) is 175 cm³/mol. The normalized spacial score (nSPS) is 37.7. The van der Waals surface area contributed by atoms with Crippen LogP contribution in [0.1, 0.15) is 73.3 Å². The Labute approximate surface area is 272 Å². The number of aromatic nitrogens is 1. The van der Waals surface area contributed by atoms with E-state index in [0.29, 0.717) is 25.8 Å². The summed E-state index contributed by atoms with van der Waals surface area (Å²) < 4.78 is 18.5. The summed E-state index contributed by atoms with van der Waals surface area (Å²) in [5.74, 6) is -3.83. The third-order valence-electron chi connectivity index (χ3n) is 10.7. The van der Waals surface area contributed by atoms with Gasteiger partial charge in [0, 0.05) is 41.3 Å². The molecule has 0 aliphatic carbocycles. The first-order valence-corrected chi connectivity index (χ1v) is 16.5. The van der Waals surface area contributed by atoms with Crippen molar-refractivity contribution < 1.29 is 33.4 Å². The average Bonchev–Trinajstić information content (AvgIpc) is 3.47. The highest BCUT2D eigenvalue weighted by atomic mass is 16.6. The van der Waals surface area contributed by atoms with Gasteiger partial charge in [-0.3, -0.25) is 29.1 Å². The predicted octanol–water partition coefficient (Wildman–Crippen LogP) is 5.44. The Balaban J connectivity index is 1.46. The van der Waals surface area contributed by atoms with Crippen LogP contribution in [0, 0.1) is 29.1 Å². The zero-order valence-corrected chi connectivity index (χ0v) is 28.4. The monoisotopic (exact) mass is 632 g/mol. The van der Waals surface area contributed by atoms with Crippen molar-refractivity contribution in [2.75, 3.05) is 20.2 Å². The van der Waals surface area contributed by atoms with Crippen molar-refractivity contribution in [2.24, 2.45) is 29.1 Å². The molecule has 46 heavy (non-hydrogen) atoms. The summed E-state index contributed by atoms with van der Waals surface area (Å²) in [4.78, 5) is 61.3. The fourth-order valence-corrected chi connectivity index (χ4v) is 8.67. The van der Waals surface area contributed by atoms with Crippen LogP contribution < -0.4 is 0 Å². The molecular weight excluding hydrogens is 584 g/mol. The van der Waals surface area contributed by atoms with E-state index in [1.165, 1.54) is 0 Å². The van der Waals surface area contributed by atoms with Crippen molar-refractivity contribution >= 4 is 40.5 Å². The number of carbonyl (C=O) groups is 4. The van der Waals surface area contributed by atoms with Crippen molar-refractivity contribution in [2.45, 2.75) is 91.1 Å². The first kappa shape index (κ1) is 33.9. The molecule has 1 unspecified atom stereocenters. The quantitative estimate of drug-likeness (QED) is 0.314. The number of carbonyl (C=O) groups excluding carboxylic acids is 4. The molecule has 9 heteroatoms. The number of Topliss-reactive ketones (excluding diaryl/α,β-unsaturated/α-hetero) is 2. The second-order valence-electron chi connectivity index (χ2n) is 14.5. The molecule has 9 atom stereocenters. The standard InChI is InChI=1S/C37H48N2O7/c1-9-28-37(7)31-29(34(43)46-37)39(8)21-36(31,6)32(41)23(3)19-35(5,18-22(2)30(40)24(4)33(42)45-28)44-16-12-13-25-17-26-14-10-11-15-27(26)38-20-25/h10-15,17,20,22-24,28-29,31H,9,16,18-19,21H2,1-8H3/t22-,23-,24-,28+,29-,31?,35+,36-,37-/m1/s1. The van der Waals surface area contributed by atoms with Crippen molar-refractivity contribution in [1.82, 2.24) is 9.88 Å². The summed E-state index contributed by atoms with van der Waals surface area (Å²) >= 11 is 0. The molecule has 248 valence electrons. The molecule has 4 heterocycles. The number of benzene rings is 1. The van der Waals surface area contributed by atoms with Gasteiger partial charge in [-0.25, -0.2) is 0 Å². The van der Waals surface area contributed by atoms with E-state index in [0.717, 1.165) is 16.5 Å². The number of ether oxygens (including phenoxy) is 3. The number of fused-ring (bicyclic) bond motifs is 1. The Morgan fingerprint density at radius 2 is 1.72 bits per heavy atom. The molecule has 5 rings (SSSR count). The summed E-state index contributed by atoms with van der Waals surface area (Å²) in [6.45, 7) is 13.4. The van der Waals surface area contributed by atoms with E-state index < -0.39 is 64.4 Å². The van der Waals surface area contributed by atoms with Crippen molar-refractivity contribution in [3.8, 4) is 0 Å². The van der Waals surface area contributed by atoms with E-state index >= 15 is 0 Å². The van der Waals surface area contributed by atoms with Gasteiger partial charge >= 0.3 is 11.9 Å². The molecule has 9 nitrogen and oxygen atoms in total. The van der Waals surface area contributed by atoms with E-state index in [1.807, 2.05) is 82.3 Å². The van der Waals surface area contributed by atoms with Gasteiger partial charge in [-0.15, -0.1) is 0 Å². The van der Waals surface area contributed by atoms with Gasteiger partial charge in [0.2, 0.25) is 0 Å². The fraction of sp³-hybridized carbons (Fsp3) is 0.595. The van der Waals surface area contributed by atoms with Crippen LogP contribution in [0.2, 0.25) is 0 Å². The summed E-state index contributed by atoms with van der Waals surface area (Å²) in [5, 5.41) is 1.04. The van der Waals surface area contributed by atoms with Gasteiger partial charge in [-0.1, -0.05) is 58.0 Å². The number of likely N-dealkylation sites (tertiary alicyclic amines) is 1. The van der Waals surface area contributed by atoms with Gasteiger partial charge in [0.05, 0.1) is 17.7 Å². The van der Waals surface area contributed by atoms with Gasteiger partial charge in [-0.05, 0) is 64.8 Å². The SMILES string of the molecule is CC[C@@H]1OC(=O)[C@H](C)C(=O)[C@H](C)C[C@](C)(OCC=Cc2cnc3ccccc3c2)C[C@@H](C)C(=O)[C@]2(C)CN(C)[C@H]3C(=O)O[C@@]1(C)C32. The first-order valence-electron chi connectivity index (χ1n) is 16.5. The zero-order valence-electron chi connectivity index (χ0n) is 28.4. The van der Waals surface area contributed by atoms with Gasteiger partial charge in [0.25, 0.3) is 0 Å². The Bertz CT molecular complexity index is 1560. The van der Waals surface area contributed by atoms with Gasteiger partial charge in [0.15, 0.2) is 5.60 Å². The molecule has 0 N–H and O–H groups in total. The maximum absolute atomic E-state index is 14.6. The number of nitrogens with zero attached hydrogens (tertiary/aromatic N) is 2. The first-order chi connectivity index (χ1) is 21.6. The summed E-state index contributed by atoms with van der Waals surface area (Å²) in [6.07, 6.45) is 5.93. The molecule has 0 saturated carbocycles.